The molecule has 0 aliphatic rings. The SMILES string of the molecule is CCN(CCO)C(=O)NCc1cc(C(=O)O)ccn1. The van der Waals surface area contributed by atoms with Crippen LogP contribution in [0.3, 0.4) is 0 Å². The number of urea groups is 1. The predicted octanol–water partition coefficient (Wildman–Crippen LogP) is 0.304. The number of nitrogens with one attached hydrogen (secondary N) is 1. The minimum atomic E-state index is -1.04. The molecule has 0 saturated carbocycles. The average Bonchev–Trinajstić information content (AvgIpc) is 2.42. The van der Waals surface area contributed by atoms with Gasteiger partial charge in [-0.25, -0.2) is 9.59 Å². The van der Waals surface area contributed by atoms with Crippen LogP contribution >= 0.6 is 0 Å². The van der Waals surface area contributed by atoms with Crippen LogP contribution in [0.2, 0.25) is 0 Å². The number of nitrogens with zero attached hydrogens (tertiary/aromatic N) is 2. The molecule has 19 heavy (non-hydrogen) atoms. The van der Waals surface area contributed by atoms with Crippen LogP contribution < -0.4 is 5.32 Å². The van der Waals surface area contributed by atoms with Crippen molar-refractivity contribution in [1.82, 2.24) is 15.2 Å². The van der Waals surface area contributed by atoms with E-state index in [9.17, 15) is 9.59 Å². The second-order valence-corrected chi connectivity index (χ2v) is 3.80. The molecule has 0 saturated heterocycles. The Bertz CT molecular complexity index is 450. The number of carboxylic acids is 1. The number of rotatable bonds is 6. The van der Waals surface area contributed by atoms with Crippen LogP contribution in [0, 0.1) is 0 Å². The summed E-state index contributed by atoms with van der Waals surface area (Å²) in [5, 5.41) is 20.3. The Morgan fingerprint density at radius 2 is 2.21 bits per heavy atom. The van der Waals surface area contributed by atoms with Crippen molar-refractivity contribution in [2.45, 2.75) is 13.5 Å². The summed E-state index contributed by atoms with van der Waals surface area (Å²) in [6.07, 6.45) is 1.39. The largest absolute Gasteiger partial charge is 0.478 e. The molecule has 0 atom stereocenters. The molecule has 0 bridgehead atoms. The van der Waals surface area contributed by atoms with Gasteiger partial charge in [-0.3, -0.25) is 4.98 Å². The summed E-state index contributed by atoms with van der Waals surface area (Å²) in [5.74, 6) is -1.04. The van der Waals surface area contributed by atoms with Gasteiger partial charge >= 0.3 is 12.0 Å². The lowest BCUT2D eigenvalue weighted by molar-refractivity contribution is 0.0696. The normalized spacial score (nSPS) is 10.0. The Balaban J connectivity index is 2.58. The van der Waals surface area contributed by atoms with E-state index in [1.54, 1.807) is 6.92 Å². The topological polar surface area (TPSA) is 103 Å². The summed E-state index contributed by atoms with van der Waals surface area (Å²) in [5.41, 5.74) is 0.593. The van der Waals surface area contributed by atoms with Gasteiger partial charge in [0.2, 0.25) is 0 Å². The summed E-state index contributed by atoms with van der Waals surface area (Å²) < 4.78 is 0. The van der Waals surface area contributed by atoms with E-state index >= 15 is 0 Å². The standard InChI is InChI=1S/C12H17N3O4/c1-2-15(5-6-16)12(19)14-8-10-7-9(11(17)18)3-4-13-10/h3-4,7,16H,2,5-6,8H2,1H3,(H,14,19)(H,17,18). The van der Waals surface area contributed by atoms with Gasteiger partial charge in [0.25, 0.3) is 0 Å². The fourth-order valence-corrected chi connectivity index (χ4v) is 1.51. The monoisotopic (exact) mass is 267 g/mol. The first-order valence-electron chi connectivity index (χ1n) is 5.90. The number of pyridine rings is 1. The first kappa shape index (κ1) is 14.9. The first-order valence-corrected chi connectivity index (χ1v) is 5.90. The summed E-state index contributed by atoms with van der Waals surface area (Å²) in [6, 6.07) is 2.47. The van der Waals surface area contributed by atoms with Crippen molar-refractivity contribution in [2.24, 2.45) is 0 Å². The fourth-order valence-electron chi connectivity index (χ4n) is 1.51. The molecule has 0 fully saturated rings. The maximum absolute atomic E-state index is 11.7. The lowest BCUT2D eigenvalue weighted by Gasteiger charge is -2.20. The number of aliphatic hydroxyl groups excluding tert-OH is 1. The Hall–Kier alpha value is -2.15. The van der Waals surface area contributed by atoms with Crippen molar-refractivity contribution < 1.29 is 19.8 Å². The van der Waals surface area contributed by atoms with Crippen molar-refractivity contribution in [3.63, 3.8) is 0 Å². The molecule has 0 aromatic carbocycles. The minimum Gasteiger partial charge on any atom is -0.478 e. The molecule has 0 aliphatic heterocycles. The highest BCUT2D eigenvalue weighted by molar-refractivity contribution is 5.87. The van der Waals surface area contributed by atoms with Gasteiger partial charge in [0, 0.05) is 19.3 Å². The van der Waals surface area contributed by atoms with Crippen LogP contribution in [0.5, 0.6) is 0 Å². The van der Waals surface area contributed by atoms with Gasteiger partial charge in [-0.05, 0) is 19.1 Å². The van der Waals surface area contributed by atoms with Gasteiger partial charge < -0.3 is 20.4 Å². The van der Waals surface area contributed by atoms with Crippen LogP contribution in [0.25, 0.3) is 0 Å². The molecule has 0 unspecified atom stereocenters. The summed E-state index contributed by atoms with van der Waals surface area (Å²) in [7, 11) is 0. The zero-order valence-corrected chi connectivity index (χ0v) is 10.7. The maximum Gasteiger partial charge on any atom is 0.335 e. The molecule has 1 aromatic heterocycles. The van der Waals surface area contributed by atoms with Crippen LogP contribution in [0.4, 0.5) is 4.79 Å². The van der Waals surface area contributed by atoms with Gasteiger partial charge in [-0.1, -0.05) is 0 Å². The van der Waals surface area contributed by atoms with E-state index in [1.807, 2.05) is 0 Å². The Morgan fingerprint density at radius 1 is 1.47 bits per heavy atom. The third-order valence-corrected chi connectivity index (χ3v) is 2.52. The lowest BCUT2D eigenvalue weighted by Crippen LogP contribution is -2.41. The highest BCUT2D eigenvalue weighted by Gasteiger charge is 2.11. The number of aliphatic hydroxyl groups is 1. The third-order valence-electron chi connectivity index (χ3n) is 2.52. The summed E-state index contributed by atoms with van der Waals surface area (Å²) >= 11 is 0. The molecular formula is C12H17N3O4. The van der Waals surface area contributed by atoms with Crippen LogP contribution in [0.1, 0.15) is 23.0 Å². The molecule has 0 aliphatic carbocycles. The number of likely N-dealkylation sites (N-methyl/N-ethyl adjacent to an activating group) is 1. The predicted molar refractivity (Wildman–Crippen MR) is 67.8 cm³/mol. The number of aromatic nitrogens is 1. The quantitative estimate of drug-likeness (QED) is 0.688. The van der Waals surface area contributed by atoms with Crippen molar-refractivity contribution in [2.75, 3.05) is 19.7 Å². The zero-order chi connectivity index (χ0) is 14.3. The Labute approximate surface area is 110 Å². The van der Waals surface area contributed by atoms with Crippen molar-refractivity contribution in [3.8, 4) is 0 Å². The molecule has 3 N–H and O–H groups in total. The number of hydrogen-bond donors (Lipinski definition) is 3. The molecule has 104 valence electrons. The van der Waals surface area contributed by atoms with E-state index in [1.165, 1.54) is 23.2 Å². The number of carboxylic acid groups (broad SMARTS) is 1. The number of amides is 2. The number of aromatic carboxylic acids is 1. The molecule has 2 amide bonds. The second-order valence-electron chi connectivity index (χ2n) is 3.80. The highest BCUT2D eigenvalue weighted by atomic mass is 16.4. The van der Waals surface area contributed by atoms with Crippen molar-refractivity contribution >= 4 is 12.0 Å². The van der Waals surface area contributed by atoms with Crippen molar-refractivity contribution in [1.29, 1.82) is 0 Å². The molecule has 7 nitrogen and oxygen atoms in total. The first-order chi connectivity index (χ1) is 9.08. The molecule has 1 heterocycles. The smallest absolute Gasteiger partial charge is 0.335 e. The molecule has 1 rings (SSSR count). The van der Waals surface area contributed by atoms with Crippen LogP contribution in [0.15, 0.2) is 18.3 Å². The van der Waals surface area contributed by atoms with E-state index in [-0.39, 0.29) is 31.3 Å². The van der Waals surface area contributed by atoms with Gasteiger partial charge in [0.1, 0.15) is 0 Å². The van der Waals surface area contributed by atoms with E-state index < -0.39 is 5.97 Å². The average molecular weight is 267 g/mol. The van der Waals surface area contributed by atoms with Gasteiger partial charge in [0.15, 0.2) is 0 Å². The van der Waals surface area contributed by atoms with Gasteiger partial charge in [0.05, 0.1) is 24.4 Å². The van der Waals surface area contributed by atoms with Crippen molar-refractivity contribution in [3.05, 3.63) is 29.6 Å². The lowest BCUT2D eigenvalue weighted by atomic mass is 10.2. The number of carbonyl (C=O) groups excluding carboxylic acids is 1. The van der Waals surface area contributed by atoms with Crippen LogP contribution in [-0.4, -0.2) is 51.8 Å². The molecule has 1 aromatic rings. The molecule has 7 heteroatoms. The number of hydrogen-bond acceptors (Lipinski definition) is 4. The molecule has 0 radical (unpaired) electrons. The van der Waals surface area contributed by atoms with Gasteiger partial charge in [-0.15, -0.1) is 0 Å². The van der Waals surface area contributed by atoms with E-state index in [2.05, 4.69) is 10.3 Å². The van der Waals surface area contributed by atoms with E-state index in [0.29, 0.717) is 12.2 Å². The fraction of sp³-hybridized carbons (Fsp3) is 0.417. The summed E-state index contributed by atoms with van der Waals surface area (Å²) in [6.45, 7) is 2.58. The minimum absolute atomic E-state index is 0.103. The Morgan fingerprint density at radius 3 is 2.79 bits per heavy atom. The summed E-state index contributed by atoms with van der Waals surface area (Å²) in [4.78, 5) is 27.9. The second kappa shape index (κ2) is 7.32. The van der Waals surface area contributed by atoms with E-state index in [4.69, 9.17) is 10.2 Å². The number of carbonyl (C=O) groups is 2. The van der Waals surface area contributed by atoms with Gasteiger partial charge in [-0.2, -0.15) is 0 Å². The molecular weight excluding hydrogens is 250 g/mol. The zero-order valence-electron chi connectivity index (χ0n) is 10.7. The maximum atomic E-state index is 11.7. The Kier molecular flexibility index (Phi) is 5.74. The van der Waals surface area contributed by atoms with E-state index in [0.717, 1.165) is 0 Å². The molecule has 0 spiro atoms. The van der Waals surface area contributed by atoms with Crippen LogP contribution in [-0.2, 0) is 6.54 Å². The highest BCUT2D eigenvalue weighted by Crippen LogP contribution is 2.02. The third kappa shape index (κ3) is 4.55.